The van der Waals surface area contributed by atoms with Crippen molar-refractivity contribution in [1.29, 1.82) is 5.26 Å². The third-order valence-corrected chi connectivity index (χ3v) is 6.13. The van der Waals surface area contributed by atoms with Crippen LogP contribution in [0.15, 0.2) is 24.3 Å². The first kappa shape index (κ1) is 15.6. The highest BCUT2D eigenvalue weighted by Crippen LogP contribution is 2.30. The predicted molar refractivity (Wildman–Crippen MR) is 96.1 cm³/mol. The largest absolute Gasteiger partial charge is 0.344 e. The minimum Gasteiger partial charge on any atom is -0.344 e. The zero-order valence-electron chi connectivity index (χ0n) is 13.7. The quantitative estimate of drug-likeness (QED) is 0.860. The van der Waals surface area contributed by atoms with Crippen LogP contribution >= 0.6 is 11.3 Å². The summed E-state index contributed by atoms with van der Waals surface area (Å²) < 4.78 is 0. The summed E-state index contributed by atoms with van der Waals surface area (Å²) in [5.74, 6) is 0. The van der Waals surface area contributed by atoms with Gasteiger partial charge >= 0.3 is 0 Å². The van der Waals surface area contributed by atoms with Crippen molar-refractivity contribution >= 4 is 16.5 Å². The molecule has 1 aliphatic heterocycles. The van der Waals surface area contributed by atoms with Crippen LogP contribution < -0.4 is 4.90 Å². The number of hydrogen-bond donors (Lipinski definition) is 0. The van der Waals surface area contributed by atoms with Gasteiger partial charge in [-0.15, -0.1) is 10.2 Å². The summed E-state index contributed by atoms with van der Waals surface area (Å²) in [4.78, 5) is 5.02. The Bertz CT molecular complexity index is 719. The molecule has 2 aliphatic rings. The summed E-state index contributed by atoms with van der Waals surface area (Å²) in [6.45, 7) is 4.35. The molecule has 1 saturated carbocycles. The highest BCUT2D eigenvalue weighted by atomic mass is 32.1. The van der Waals surface area contributed by atoms with Gasteiger partial charge in [0.05, 0.1) is 11.6 Å². The molecule has 0 amide bonds. The number of anilines is 1. The molecule has 0 unspecified atom stereocenters. The summed E-state index contributed by atoms with van der Waals surface area (Å²) in [7, 11) is 0. The van der Waals surface area contributed by atoms with Gasteiger partial charge in [0.2, 0.25) is 5.13 Å². The van der Waals surface area contributed by atoms with Crippen molar-refractivity contribution in [2.75, 3.05) is 31.1 Å². The zero-order chi connectivity index (χ0) is 16.4. The fraction of sp³-hybridized carbons (Fsp3) is 0.500. The summed E-state index contributed by atoms with van der Waals surface area (Å²) in [5, 5.41) is 19.6. The lowest BCUT2D eigenvalue weighted by Gasteiger charge is -2.37. The molecular weight excluding hydrogens is 318 g/mol. The Morgan fingerprint density at radius 2 is 1.71 bits per heavy atom. The molecule has 24 heavy (non-hydrogen) atoms. The summed E-state index contributed by atoms with van der Waals surface area (Å²) in [6.07, 6.45) is 5.55. The molecule has 0 bridgehead atoms. The van der Waals surface area contributed by atoms with Crippen LogP contribution in [-0.2, 0) is 0 Å². The molecule has 0 atom stereocenters. The highest BCUT2D eigenvalue weighted by Gasteiger charge is 2.27. The third kappa shape index (κ3) is 3.14. The lowest BCUT2D eigenvalue weighted by atomic mass is 10.2. The fourth-order valence-electron chi connectivity index (χ4n) is 3.70. The van der Waals surface area contributed by atoms with Gasteiger partial charge in [-0.1, -0.05) is 36.3 Å². The Morgan fingerprint density at radius 3 is 2.38 bits per heavy atom. The van der Waals surface area contributed by atoms with E-state index < -0.39 is 0 Å². The van der Waals surface area contributed by atoms with Gasteiger partial charge in [-0.25, -0.2) is 0 Å². The number of piperazine rings is 1. The van der Waals surface area contributed by atoms with Gasteiger partial charge in [0.1, 0.15) is 5.01 Å². The van der Waals surface area contributed by atoms with Crippen molar-refractivity contribution in [2.45, 2.75) is 31.7 Å². The zero-order valence-corrected chi connectivity index (χ0v) is 14.5. The van der Waals surface area contributed by atoms with Gasteiger partial charge < -0.3 is 4.90 Å². The second-order valence-corrected chi connectivity index (χ2v) is 7.50. The Hall–Kier alpha value is -1.97. The Morgan fingerprint density at radius 1 is 1.00 bits per heavy atom. The van der Waals surface area contributed by atoms with Crippen LogP contribution in [0.5, 0.6) is 0 Å². The average molecular weight is 339 g/mol. The van der Waals surface area contributed by atoms with E-state index in [0.717, 1.165) is 47.9 Å². The topological polar surface area (TPSA) is 56.1 Å². The molecule has 6 heteroatoms. The molecule has 4 rings (SSSR count). The van der Waals surface area contributed by atoms with Gasteiger partial charge in [-0.05, 0) is 25.0 Å². The van der Waals surface area contributed by atoms with Crippen LogP contribution in [0.4, 0.5) is 5.13 Å². The minimum atomic E-state index is 0.673. The minimum absolute atomic E-state index is 0.673. The summed E-state index contributed by atoms with van der Waals surface area (Å²) in [5.41, 5.74) is 1.70. The van der Waals surface area contributed by atoms with Gasteiger partial charge in [0.25, 0.3) is 0 Å². The monoisotopic (exact) mass is 339 g/mol. The molecule has 0 radical (unpaired) electrons. The number of aromatic nitrogens is 2. The number of nitriles is 1. The first-order valence-electron chi connectivity index (χ1n) is 8.66. The van der Waals surface area contributed by atoms with Crippen molar-refractivity contribution < 1.29 is 0 Å². The Kier molecular flexibility index (Phi) is 4.46. The van der Waals surface area contributed by atoms with E-state index in [2.05, 4.69) is 26.1 Å². The molecule has 124 valence electrons. The predicted octanol–water partition coefficient (Wildman–Crippen LogP) is 3.14. The van der Waals surface area contributed by atoms with Crippen LogP contribution in [0.3, 0.4) is 0 Å². The number of nitrogens with zero attached hydrogens (tertiary/aromatic N) is 5. The Balaban J connectivity index is 1.41. The first-order valence-corrected chi connectivity index (χ1v) is 9.48. The van der Waals surface area contributed by atoms with E-state index in [1.165, 1.54) is 25.7 Å². The van der Waals surface area contributed by atoms with E-state index >= 15 is 0 Å². The van der Waals surface area contributed by atoms with E-state index in [4.69, 9.17) is 5.26 Å². The molecular formula is C18H21N5S. The van der Waals surface area contributed by atoms with E-state index in [1.54, 1.807) is 11.3 Å². The van der Waals surface area contributed by atoms with E-state index in [0.29, 0.717) is 5.56 Å². The van der Waals surface area contributed by atoms with E-state index in [1.807, 2.05) is 24.3 Å². The van der Waals surface area contributed by atoms with Crippen molar-refractivity contribution in [3.63, 3.8) is 0 Å². The molecule has 1 saturated heterocycles. The lowest BCUT2D eigenvalue weighted by molar-refractivity contribution is 0.187. The van der Waals surface area contributed by atoms with Crippen molar-refractivity contribution in [1.82, 2.24) is 15.1 Å². The molecule has 0 spiro atoms. The van der Waals surface area contributed by atoms with Crippen LogP contribution in [0.2, 0.25) is 0 Å². The van der Waals surface area contributed by atoms with Crippen molar-refractivity contribution in [2.24, 2.45) is 0 Å². The second kappa shape index (κ2) is 6.88. The van der Waals surface area contributed by atoms with Gasteiger partial charge in [-0.3, -0.25) is 4.90 Å². The average Bonchev–Trinajstić information content (AvgIpc) is 3.34. The summed E-state index contributed by atoms with van der Waals surface area (Å²) in [6, 6.07) is 10.5. The molecule has 0 N–H and O–H groups in total. The van der Waals surface area contributed by atoms with E-state index in [9.17, 15) is 0 Å². The van der Waals surface area contributed by atoms with Crippen LogP contribution in [0, 0.1) is 11.3 Å². The number of benzene rings is 1. The maximum atomic E-state index is 8.89. The smallest absolute Gasteiger partial charge is 0.208 e. The molecule has 2 heterocycles. The SMILES string of the molecule is N#Cc1ccc(-c2nnc(N3CCN(C4CCCC4)CC3)s2)cc1. The molecule has 1 aromatic carbocycles. The molecule has 2 fully saturated rings. The van der Waals surface area contributed by atoms with Crippen molar-refractivity contribution in [3.8, 4) is 16.6 Å². The number of rotatable bonds is 3. The maximum Gasteiger partial charge on any atom is 0.208 e. The first-order chi connectivity index (χ1) is 11.8. The molecule has 5 nitrogen and oxygen atoms in total. The van der Waals surface area contributed by atoms with Crippen LogP contribution in [-0.4, -0.2) is 47.3 Å². The second-order valence-electron chi connectivity index (χ2n) is 6.54. The van der Waals surface area contributed by atoms with Gasteiger partial charge in [-0.2, -0.15) is 5.26 Å². The standard InChI is InChI=1S/C18H21N5S/c19-13-14-5-7-15(8-6-14)17-20-21-18(24-17)23-11-9-22(10-12-23)16-3-1-2-4-16/h5-8,16H,1-4,9-12H2. The van der Waals surface area contributed by atoms with Gasteiger partial charge in [0.15, 0.2) is 0 Å². The number of hydrogen-bond acceptors (Lipinski definition) is 6. The fourth-order valence-corrected chi connectivity index (χ4v) is 4.60. The van der Waals surface area contributed by atoms with E-state index in [-0.39, 0.29) is 0 Å². The molecule has 2 aromatic rings. The Labute approximate surface area is 146 Å². The summed E-state index contributed by atoms with van der Waals surface area (Å²) >= 11 is 1.64. The third-order valence-electron chi connectivity index (χ3n) is 5.10. The molecule has 1 aliphatic carbocycles. The van der Waals surface area contributed by atoms with Crippen LogP contribution in [0.25, 0.3) is 10.6 Å². The van der Waals surface area contributed by atoms with Crippen molar-refractivity contribution in [3.05, 3.63) is 29.8 Å². The highest BCUT2D eigenvalue weighted by molar-refractivity contribution is 7.18. The van der Waals surface area contributed by atoms with Crippen LogP contribution in [0.1, 0.15) is 31.2 Å². The molecule has 1 aromatic heterocycles. The normalized spacial score (nSPS) is 19.5. The lowest BCUT2D eigenvalue weighted by Crippen LogP contribution is -2.49. The maximum absolute atomic E-state index is 8.89. The van der Waals surface area contributed by atoms with Gasteiger partial charge in [0, 0.05) is 37.8 Å².